The molecule has 4 heterocycles. The van der Waals surface area contributed by atoms with Crippen molar-refractivity contribution in [2.24, 2.45) is 0 Å². The van der Waals surface area contributed by atoms with Gasteiger partial charge in [-0.1, -0.05) is 133 Å². The average molecular weight is 806 g/mol. The number of benzene rings is 9. The molecule has 0 saturated heterocycles. The van der Waals surface area contributed by atoms with E-state index in [0.29, 0.717) is 17.5 Å². The number of hydrogen-bond donors (Lipinski definition) is 0. The van der Waals surface area contributed by atoms with E-state index in [2.05, 4.69) is 173 Å². The van der Waals surface area contributed by atoms with Gasteiger partial charge in [-0.25, -0.2) is 15.0 Å². The quantitative estimate of drug-likeness (QED) is 0.168. The fraction of sp³-hybridized carbons (Fsp3) is 0. The molecule has 6 heteroatoms. The van der Waals surface area contributed by atoms with E-state index in [4.69, 9.17) is 19.4 Å². The molecule has 0 aliphatic carbocycles. The number of fused-ring (bicyclic) bond motifs is 9. The minimum absolute atomic E-state index is 0.588. The molecule has 0 radical (unpaired) electrons. The third-order valence-electron chi connectivity index (χ3n) is 12.4. The normalized spacial score (nSPS) is 11.8. The van der Waals surface area contributed by atoms with Gasteiger partial charge in [-0.15, -0.1) is 0 Å². The van der Waals surface area contributed by atoms with Crippen LogP contribution in [-0.2, 0) is 0 Å². The number of hydrogen-bond acceptors (Lipinski definition) is 4. The summed E-state index contributed by atoms with van der Waals surface area (Å²) in [5, 5.41) is 6.89. The van der Waals surface area contributed by atoms with Gasteiger partial charge in [-0.3, -0.25) is 0 Å². The second-order valence-electron chi connectivity index (χ2n) is 16.0. The Balaban J connectivity index is 0.935. The first kappa shape index (κ1) is 35.2. The summed E-state index contributed by atoms with van der Waals surface area (Å²) in [5.41, 5.74) is 13.4. The van der Waals surface area contributed by atoms with E-state index < -0.39 is 0 Å². The van der Waals surface area contributed by atoms with Crippen LogP contribution in [0.4, 0.5) is 0 Å². The molecule has 6 nitrogen and oxygen atoms in total. The van der Waals surface area contributed by atoms with Crippen LogP contribution in [0, 0.1) is 0 Å². The minimum Gasteiger partial charge on any atom is -0.456 e. The van der Waals surface area contributed by atoms with Crippen LogP contribution in [0.15, 0.2) is 217 Å². The van der Waals surface area contributed by atoms with Crippen molar-refractivity contribution in [2.45, 2.75) is 0 Å². The predicted octanol–water partition coefficient (Wildman–Crippen LogP) is 14.6. The van der Waals surface area contributed by atoms with Gasteiger partial charge in [0.05, 0.1) is 22.1 Å². The van der Waals surface area contributed by atoms with Gasteiger partial charge >= 0.3 is 0 Å². The Morgan fingerprint density at radius 3 is 1.48 bits per heavy atom. The molecular formula is C57H35N5O. The lowest BCUT2D eigenvalue weighted by Crippen LogP contribution is -2.01. The smallest absolute Gasteiger partial charge is 0.164 e. The molecule has 0 spiro atoms. The van der Waals surface area contributed by atoms with Crippen LogP contribution in [0.3, 0.4) is 0 Å². The zero-order valence-electron chi connectivity index (χ0n) is 33.9. The summed E-state index contributed by atoms with van der Waals surface area (Å²) in [6, 6.07) is 74.4. The molecule has 9 aromatic carbocycles. The molecule has 294 valence electrons. The van der Waals surface area contributed by atoms with E-state index in [9.17, 15) is 0 Å². The van der Waals surface area contributed by atoms with Crippen molar-refractivity contribution in [2.75, 3.05) is 0 Å². The van der Waals surface area contributed by atoms with Crippen LogP contribution in [0.5, 0.6) is 0 Å². The molecule has 13 rings (SSSR count). The molecule has 0 atom stereocenters. The fourth-order valence-corrected chi connectivity index (χ4v) is 9.50. The second kappa shape index (κ2) is 14.0. The molecule has 0 saturated carbocycles. The van der Waals surface area contributed by atoms with Gasteiger partial charge in [-0.2, -0.15) is 0 Å². The Labute approximate surface area is 361 Å². The molecule has 0 aliphatic rings. The van der Waals surface area contributed by atoms with Gasteiger partial charge in [0.1, 0.15) is 11.2 Å². The SMILES string of the molecule is c1ccc(-c2ccc3c(c2)oc2cccc(-c4nc(-c5ccccc5)nc(-c5ccc(-n6c7ccccc7c7cc(-n8c9ccccc9c9ccccc98)ccc76)cc5)n4)c23)cc1. The first-order valence-corrected chi connectivity index (χ1v) is 21.2. The Hall–Kier alpha value is -8.61. The lowest BCUT2D eigenvalue weighted by atomic mass is 10.0. The molecule has 0 amide bonds. The molecular weight excluding hydrogens is 771 g/mol. The van der Waals surface area contributed by atoms with Crippen molar-refractivity contribution in [1.29, 1.82) is 0 Å². The third kappa shape index (κ3) is 5.62. The third-order valence-corrected chi connectivity index (χ3v) is 12.4. The number of para-hydroxylation sites is 3. The molecule has 0 bridgehead atoms. The topological polar surface area (TPSA) is 61.7 Å². The Morgan fingerprint density at radius 2 is 0.810 bits per heavy atom. The average Bonchev–Trinajstić information content (AvgIpc) is 4.02. The van der Waals surface area contributed by atoms with Crippen molar-refractivity contribution in [1.82, 2.24) is 24.1 Å². The van der Waals surface area contributed by atoms with Gasteiger partial charge < -0.3 is 13.6 Å². The zero-order valence-corrected chi connectivity index (χ0v) is 33.9. The Kier molecular flexibility index (Phi) is 7.80. The maximum Gasteiger partial charge on any atom is 0.164 e. The van der Waals surface area contributed by atoms with Crippen molar-refractivity contribution >= 4 is 65.6 Å². The van der Waals surface area contributed by atoms with Crippen LogP contribution in [0.2, 0.25) is 0 Å². The summed E-state index contributed by atoms with van der Waals surface area (Å²) >= 11 is 0. The minimum atomic E-state index is 0.588. The van der Waals surface area contributed by atoms with E-state index in [-0.39, 0.29) is 0 Å². The summed E-state index contributed by atoms with van der Waals surface area (Å²) < 4.78 is 11.2. The number of nitrogens with zero attached hydrogens (tertiary/aromatic N) is 5. The van der Waals surface area contributed by atoms with Crippen LogP contribution >= 0.6 is 0 Å². The van der Waals surface area contributed by atoms with Crippen LogP contribution in [0.25, 0.3) is 122 Å². The standard InChI is InChI=1S/C57H35N5O/c1-3-14-36(15-4-1)39-28-32-45-53(34-39)63-52-25-13-21-46(54(45)52)57-59-55(37-16-5-2-6-17-37)58-56(60-57)38-26-29-40(30-27-38)61-50-24-12-9-20-44(50)47-35-41(31-33-51(47)61)62-48-22-10-7-18-42(48)43-19-8-11-23-49(43)62/h1-35H. The van der Waals surface area contributed by atoms with Crippen molar-refractivity contribution < 1.29 is 4.42 Å². The summed E-state index contributed by atoms with van der Waals surface area (Å²) in [5.74, 6) is 1.79. The monoisotopic (exact) mass is 805 g/mol. The Morgan fingerprint density at radius 1 is 0.302 bits per heavy atom. The summed E-state index contributed by atoms with van der Waals surface area (Å²) in [6.45, 7) is 0. The van der Waals surface area contributed by atoms with E-state index in [1.54, 1.807) is 0 Å². The summed E-state index contributed by atoms with van der Waals surface area (Å²) in [4.78, 5) is 15.4. The fourth-order valence-electron chi connectivity index (χ4n) is 9.50. The molecule has 0 aliphatic heterocycles. The summed E-state index contributed by atoms with van der Waals surface area (Å²) in [6.07, 6.45) is 0. The van der Waals surface area contributed by atoms with Gasteiger partial charge in [0.2, 0.25) is 0 Å². The molecule has 0 N–H and O–H groups in total. The largest absolute Gasteiger partial charge is 0.456 e. The predicted molar refractivity (Wildman–Crippen MR) is 258 cm³/mol. The molecule has 4 aromatic heterocycles. The van der Waals surface area contributed by atoms with Crippen molar-refractivity contribution in [3.05, 3.63) is 212 Å². The van der Waals surface area contributed by atoms with E-state index in [0.717, 1.165) is 72.2 Å². The highest BCUT2D eigenvalue weighted by Crippen LogP contribution is 2.40. The van der Waals surface area contributed by atoms with Crippen LogP contribution in [-0.4, -0.2) is 24.1 Å². The first-order valence-electron chi connectivity index (χ1n) is 21.2. The maximum atomic E-state index is 6.50. The second-order valence-corrected chi connectivity index (χ2v) is 16.0. The lowest BCUT2D eigenvalue weighted by molar-refractivity contribution is 0.669. The lowest BCUT2D eigenvalue weighted by Gasteiger charge is -2.12. The van der Waals surface area contributed by atoms with Gasteiger partial charge in [0, 0.05) is 60.4 Å². The molecule has 0 unspecified atom stereocenters. The van der Waals surface area contributed by atoms with E-state index in [1.165, 1.54) is 32.6 Å². The number of aromatic nitrogens is 5. The highest BCUT2D eigenvalue weighted by atomic mass is 16.3. The highest BCUT2D eigenvalue weighted by molar-refractivity contribution is 6.14. The zero-order chi connectivity index (χ0) is 41.4. The maximum absolute atomic E-state index is 6.50. The van der Waals surface area contributed by atoms with E-state index in [1.807, 2.05) is 48.5 Å². The van der Waals surface area contributed by atoms with Gasteiger partial charge in [0.25, 0.3) is 0 Å². The molecule has 13 aromatic rings. The van der Waals surface area contributed by atoms with E-state index >= 15 is 0 Å². The van der Waals surface area contributed by atoms with Gasteiger partial charge in [-0.05, 0) is 90.0 Å². The first-order chi connectivity index (χ1) is 31.2. The molecule has 63 heavy (non-hydrogen) atoms. The van der Waals surface area contributed by atoms with Gasteiger partial charge in [0.15, 0.2) is 17.5 Å². The number of furan rings is 1. The molecule has 0 fully saturated rings. The summed E-state index contributed by atoms with van der Waals surface area (Å²) in [7, 11) is 0. The van der Waals surface area contributed by atoms with Crippen LogP contribution < -0.4 is 0 Å². The van der Waals surface area contributed by atoms with Crippen molar-refractivity contribution in [3.8, 4) is 56.7 Å². The van der Waals surface area contributed by atoms with Crippen molar-refractivity contribution in [3.63, 3.8) is 0 Å². The number of rotatable bonds is 6. The van der Waals surface area contributed by atoms with Crippen LogP contribution in [0.1, 0.15) is 0 Å². The Bertz CT molecular complexity index is 3850. The highest BCUT2D eigenvalue weighted by Gasteiger charge is 2.20.